The molecule has 4 heteroatoms. The zero-order valence-electron chi connectivity index (χ0n) is 20.5. The standard InChI is InChI=1S/C25H48O3Si/c1-23(2,3)29(7,8)28-22-12-10-17-25(6)20(13-14-21(22)25)19(15-18-26)11-9-16-24(4,5)27/h18-22,27H,9-17H2,1-8H3/t19-,20?,21?,22-,25+/m0/s1. The second kappa shape index (κ2) is 9.12. The minimum Gasteiger partial charge on any atom is -0.414 e. The van der Waals surface area contributed by atoms with Crippen LogP contribution in [0.4, 0.5) is 0 Å². The largest absolute Gasteiger partial charge is 0.414 e. The second-order valence-electron chi connectivity index (χ2n) is 12.5. The minimum absolute atomic E-state index is 0.246. The third kappa shape index (κ3) is 5.95. The molecule has 2 fully saturated rings. The lowest BCUT2D eigenvalue weighted by Crippen LogP contribution is -2.50. The molecule has 0 aromatic heterocycles. The Hall–Kier alpha value is -0.193. The molecule has 0 spiro atoms. The van der Waals surface area contributed by atoms with E-state index in [2.05, 4.69) is 40.8 Å². The van der Waals surface area contributed by atoms with E-state index >= 15 is 0 Å². The molecule has 2 unspecified atom stereocenters. The summed E-state index contributed by atoms with van der Waals surface area (Å²) in [6, 6.07) is 0. The smallest absolute Gasteiger partial charge is 0.192 e. The van der Waals surface area contributed by atoms with Crippen LogP contribution in [-0.4, -0.2) is 31.4 Å². The molecule has 3 nitrogen and oxygen atoms in total. The Morgan fingerprint density at radius 2 is 1.83 bits per heavy atom. The van der Waals surface area contributed by atoms with Gasteiger partial charge in [-0.05, 0) is 93.7 Å². The number of carbonyl (C=O) groups is 1. The van der Waals surface area contributed by atoms with Gasteiger partial charge in [-0.3, -0.25) is 0 Å². The van der Waals surface area contributed by atoms with Gasteiger partial charge in [0.25, 0.3) is 0 Å². The highest BCUT2D eigenvalue weighted by Gasteiger charge is 2.54. The lowest BCUT2D eigenvalue weighted by molar-refractivity contribution is -0.109. The van der Waals surface area contributed by atoms with E-state index in [1.807, 2.05) is 13.8 Å². The Morgan fingerprint density at radius 1 is 1.17 bits per heavy atom. The number of hydrogen-bond acceptors (Lipinski definition) is 3. The Morgan fingerprint density at radius 3 is 2.38 bits per heavy atom. The van der Waals surface area contributed by atoms with E-state index in [1.165, 1.54) is 32.1 Å². The summed E-state index contributed by atoms with van der Waals surface area (Å²) < 4.78 is 6.97. The van der Waals surface area contributed by atoms with Crippen LogP contribution in [0.15, 0.2) is 0 Å². The molecule has 0 aliphatic heterocycles. The van der Waals surface area contributed by atoms with Crippen LogP contribution in [0.2, 0.25) is 18.1 Å². The van der Waals surface area contributed by atoms with Crippen molar-refractivity contribution in [1.29, 1.82) is 0 Å². The SMILES string of the molecule is CC(C)(O)CCC[C@@H](CC=O)C1CCC2[C@@H](O[Si](C)(C)C(C)(C)C)CCC[C@]12C. The normalized spacial score (nSPS) is 32.1. The number of rotatable bonds is 9. The molecule has 0 saturated heterocycles. The van der Waals surface area contributed by atoms with Crippen molar-refractivity contribution in [2.45, 2.75) is 129 Å². The van der Waals surface area contributed by atoms with Crippen molar-refractivity contribution in [1.82, 2.24) is 0 Å². The van der Waals surface area contributed by atoms with Gasteiger partial charge < -0.3 is 14.3 Å². The van der Waals surface area contributed by atoms with Crippen LogP contribution < -0.4 is 0 Å². The average molecular weight is 425 g/mol. The van der Waals surface area contributed by atoms with Gasteiger partial charge in [-0.15, -0.1) is 0 Å². The molecule has 5 atom stereocenters. The highest BCUT2D eigenvalue weighted by Crippen LogP contribution is 2.60. The Bertz CT molecular complexity index is 545. The molecule has 2 aliphatic carbocycles. The lowest BCUT2D eigenvalue weighted by Gasteiger charge is -2.50. The second-order valence-corrected chi connectivity index (χ2v) is 17.2. The maximum atomic E-state index is 11.5. The Kier molecular flexibility index (Phi) is 7.88. The molecule has 0 heterocycles. The van der Waals surface area contributed by atoms with Gasteiger partial charge in [0.1, 0.15) is 6.29 Å². The van der Waals surface area contributed by atoms with Crippen LogP contribution >= 0.6 is 0 Å². The van der Waals surface area contributed by atoms with Gasteiger partial charge in [-0.25, -0.2) is 0 Å². The van der Waals surface area contributed by atoms with Crippen molar-refractivity contribution < 1.29 is 14.3 Å². The molecule has 2 saturated carbocycles. The first-order chi connectivity index (χ1) is 13.2. The van der Waals surface area contributed by atoms with Gasteiger partial charge >= 0.3 is 0 Å². The molecule has 29 heavy (non-hydrogen) atoms. The third-order valence-electron chi connectivity index (χ3n) is 8.72. The molecule has 2 rings (SSSR count). The molecule has 0 amide bonds. The first-order valence-electron chi connectivity index (χ1n) is 12.0. The summed E-state index contributed by atoms with van der Waals surface area (Å²) >= 11 is 0. The van der Waals surface area contributed by atoms with Crippen molar-refractivity contribution in [2.75, 3.05) is 0 Å². The molecular weight excluding hydrogens is 376 g/mol. The zero-order valence-corrected chi connectivity index (χ0v) is 21.5. The fraction of sp³-hybridized carbons (Fsp3) is 0.960. The van der Waals surface area contributed by atoms with Crippen molar-refractivity contribution in [3.63, 3.8) is 0 Å². The summed E-state index contributed by atoms with van der Waals surface area (Å²) in [4.78, 5) is 11.5. The number of aldehydes is 1. The summed E-state index contributed by atoms with van der Waals surface area (Å²) in [7, 11) is -1.78. The third-order valence-corrected chi connectivity index (χ3v) is 13.2. The molecule has 0 radical (unpaired) electrons. The predicted molar refractivity (Wildman–Crippen MR) is 125 cm³/mol. The van der Waals surface area contributed by atoms with Crippen LogP contribution in [0.5, 0.6) is 0 Å². The van der Waals surface area contributed by atoms with E-state index < -0.39 is 13.9 Å². The summed E-state index contributed by atoms with van der Waals surface area (Å²) in [5.74, 6) is 1.71. The maximum Gasteiger partial charge on any atom is 0.192 e. The van der Waals surface area contributed by atoms with Gasteiger partial charge in [0.15, 0.2) is 8.32 Å². The topological polar surface area (TPSA) is 46.5 Å². The number of carbonyl (C=O) groups excluding carboxylic acids is 1. The van der Waals surface area contributed by atoms with Gasteiger partial charge in [0.05, 0.1) is 5.60 Å². The molecule has 170 valence electrons. The van der Waals surface area contributed by atoms with E-state index in [0.29, 0.717) is 35.7 Å². The van der Waals surface area contributed by atoms with Crippen molar-refractivity contribution in [3.8, 4) is 0 Å². The molecule has 1 N–H and O–H groups in total. The molecule has 0 bridgehead atoms. The highest BCUT2D eigenvalue weighted by molar-refractivity contribution is 6.74. The van der Waals surface area contributed by atoms with E-state index in [-0.39, 0.29) is 5.04 Å². The zero-order chi connectivity index (χ0) is 22.1. The Labute approximate surface area is 181 Å². The van der Waals surface area contributed by atoms with Gasteiger partial charge in [-0.2, -0.15) is 0 Å². The lowest BCUT2D eigenvalue weighted by atomic mass is 9.60. The first-order valence-corrected chi connectivity index (χ1v) is 15.0. The minimum atomic E-state index is -1.78. The van der Waals surface area contributed by atoms with Crippen LogP contribution in [-0.2, 0) is 9.22 Å². The van der Waals surface area contributed by atoms with Crippen LogP contribution in [0, 0.1) is 23.2 Å². The molecule has 2 aliphatic rings. The first kappa shape index (κ1) is 25.1. The van der Waals surface area contributed by atoms with E-state index in [4.69, 9.17) is 4.43 Å². The van der Waals surface area contributed by atoms with Gasteiger partial charge in [-0.1, -0.05) is 40.5 Å². The van der Waals surface area contributed by atoms with Crippen molar-refractivity contribution in [2.24, 2.45) is 23.2 Å². The number of fused-ring (bicyclic) bond motifs is 1. The van der Waals surface area contributed by atoms with Gasteiger partial charge in [0, 0.05) is 12.5 Å². The Balaban J connectivity index is 2.13. The van der Waals surface area contributed by atoms with Crippen LogP contribution in [0.3, 0.4) is 0 Å². The summed E-state index contributed by atoms with van der Waals surface area (Å²) in [5.41, 5.74) is -0.311. The van der Waals surface area contributed by atoms with Crippen LogP contribution in [0.1, 0.15) is 99.3 Å². The predicted octanol–water partition coefficient (Wildman–Crippen LogP) is 6.74. The molecule has 0 aromatic rings. The fourth-order valence-electron chi connectivity index (χ4n) is 6.03. The van der Waals surface area contributed by atoms with Crippen LogP contribution in [0.25, 0.3) is 0 Å². The molecular formula is C25H48O3Si. The summed E-state index contributed by atoms with van der Waals surface area (Å²) in [5, 5.41) is 10.3. The van der Waals surface area contributed by atoms with Crippen molar-refractivity contribution in [3.05, 3.63) is 0 Å². The quantitative estimate of drug-likeness (QED) is 0.329. The van der Waals surface area contributed by atoms with Gasteiger partial charge in [0.2, 0.25) is 0 Å². The maximum absolute atomic E-state index is 11.5. The number of hydrogen-bond donors (Lipinski definition) is 1. The van der Waals surface area contributed by atoms with E-state index in [9.17, 15) is 9.90 Å². The highest BCUT2D eigenvalue weighted by atomic mass is 28.4. The van der Waals surface area contributed by atoms with E-state index in [1.54, 1.807) is 0 Å². The molecule has 0 aromatic carbocycles. The number of aliphatic hydroxyl groups is 1. The monoisotopic (exact) mass is 424 g/mol. The summed E-state index contributed by atoms with van der Waals surface area (Å²) in [6.45, 7) is 18.1. The van der Waals surface area contributed by atoms with Crippen molar-refractivity contribution >= 4 is 14.6 Å². The summed E-state index contributed by atoms with van der Waals surface area (Å²) in [6.07, 6.45) is 11.3. The average Bonchev–Trinajstić information content (AvgIpc) is 2.89. The fourth-order valence-corrected chi connectivity index (χ4v) is 7.43. The van der Waals surface area contributed by atoms with E-state index in [0.717, 1.165) is 25.5 Å².